The Morgan fingerprint density at radius 3 is 2.68 bits per heavy atom. The summed E-state index contributed by atoms with van der Waals surface area (Å²) in [5.41, 5.74) is 6.62. The largest absolute Gasteiger partial charge is 0.368 e. The molecule has 5 nitrogen and oxygen atoms in total. The summed E-state index contributed by atoms with van der Waals surface area (Å²) in [4.78, 5) is 11.6. The highest BCUT2D eigenvalue weighted by Gasteiger charge is 2.13. The highest BCUT2D eigenvalue weighted by atomic mass is 15.2. The van der Waals surface area contributed by atoms with Crippen LogP contribution in [0.15, 0.2) is 24.3 Å². The van der Waals surface area contributed by atoms with Crippen molar-refractivity contribution in [1.82, 2.24) is 14.9 Å². The van der Waals surface area contributed by atoms with E-state index < -0.39 is 0 Å². The standard InChI is InChI=1S/C17H27N5/c1-4-13(22(3)5-2)12-19-17-14-8-6-7-9-15(14)20-16(21-17)10-11-18/h6-9,13H,4-5,10-12,18H2,1-3H3,(H,19,20,21)/t13-/m1/s1. The van der Waals surface area contributed by atoms with Crippen LogP contribution >= 0.6 is 0 Å². The van der Waals surface area contributed by atoms with Crippen molar-refractivity contribution in [3.63, 3.8) is 0 Å². The lowest BCUT2D eigenvalue weighted by molar-refractivity contribution is 0.258. The lowest BCUT2D eigenvalue weighted by Gasteiger charge is -2.26. The Hall–Kier alpha value is -1.72. The molecule has 0 aliphatic rings. The molecule has 0 saturated heterocycles. The van der Waals surface area contributed by atoms with Gasteiger partial charge in [0.15, 0.2) is 0 Å². The second-order valence-electron chi connectivity index (χ2n) is 5.56. The SMILES string of the molecule is CC[C@H](CNc1nc(CCN)nc2ccccc12)N(C)CC. The zero-order valence-corrected chi connectivity index (χ0v) is 13.8. The van der Waals surface area contributed by atoms with Gasteiger partial charge in [0.1, 0.15) is 11.6 Å². The highest BCUT2D eigenvalue weighted by Crippen LogP contribution is 2.20. The quantitative estimate of drug-likeness (QED) is 0.783. The molecule has 0 amide bonds. The zero-order chi connectivity index (χ0) is 15.9. The molecule has 2 rings (SSSR count). The fourth-order valence-corrected chi connectivity index (χ4v) is 2.58. The van der Waals surface area contributed by atoms with Crippen LogP contribution in [0.25, 0.3) is 10.9 Å². The first kappa shape index (κ1) is 16.6. The first-order chi connectivity index (χ1) is 10.7. The van der Waals surface area contributed by atoms with Gasteiger partial charge in [-0.3, -0.25) is 0 Å². The van der Waals surface area contributed by atoms with E-state index in [1.165, 1.54) is 0 Å². The first-order valence-electron chi connectivity index (χ1n) is 8.09. The minimum atomic E-state index is 0.497. The second kappa shape index (κ2) is 8.06. The number of nitrogens with one attached hydrogen (secondary N) is 1. The number of hydrogen-bond donors (Lipinski definition) is 2. The molecule has 0 radical (unpaired) electrons. The van der Waals surface area contributed by atoms with Crippen LogP contribution in [0, 0.1) is 0 Å². The van der Waals surface area contributed by atoms with E-state index in [2.05, 4.69) is 47.1 Å². The van der Waals surface area contributed by atoms with E-state index in [1.54, 1.807) is 0 Å². The summed E-state index contributed by atoms with van der Waals surface area (Å²) in [6.45, 7) is 6.89. The highest BCUT2D eigenvalue weighted by molar-refractivity contribution is 5.88. The first-order valence-corrected chi connectivity index (χ1v) is 8.09. The summed E-state index contributed by atoms with van der Waals surface area (Å²) >= 11 is 0. The molecule has 1 atom stereocenters. The number of aromatic nitrogens is 2. The monoisotopic (exact) mass is 301 g/mol. The van der Waals surface area contributed by atoms with Gasteiger partial charge in [-0.05, 0) is 38.7 Å². The molecule has 1 aromatic carbocycles. The van der Waals surface area contributed by atoms with Gasteiger partial charge in [0.2, 0.25) is 0 Å². The third-order valence-electron chi connectivity index (χ3n) is 4.12. The Kier molecular flexibility index (Phi) is 6.10. The average Bonchev–Trinajstić information content (AvgIpc) is 2.55. The van der Waals surface area contributed by atoms with Crippen molar-refractivity contribution < 1.29 is 0 Å². The van der Waals surface area contributed by atoms with Crippen LogP contribution < -0.4 is 11.1 Å². The molecule has 0 aliphatic carbocycles. The Balaban J connectivity index is 2.25. The van der Waals surface area contributed by atoms with Crippen molar-refractivity contribution in [1.29, 1.82) is 0 Å². The summed E-state index contributed by atoms with van der Waals surface area (Å²) in [7, 11) is 2.16. The molecule has 3 N–H and O–H groups in total. The van der Waals surface area contributed by atoms with Gasteiger partial charge >= 0.3 is 0 Å². The van der Waals surface area contributed by atoms with Gasteiger partial charge in [-0.2, -0.15) is 0 Å². The van der Waals surface area contributed by atoms with Crippen LogP contribution in [0.3, 0.4) is 0 Å². The van der Waals surface area contributed by atoms with E-state index in [1.807, 2.05) is 18.2 Å². The predicted molar refractivity (Wildman–Crippen MR) is 93.2 cm³/mol. The predicted octanol–water partition coefficient (Wildman–Crippen LogP) is 2.27. The Morgan fingerprint density at radius 2 is 2.00 bits per heavy atom. The number of hydrogen-bond acceptors (Lipinski definition) is 5. The Labute approximate surface area is 132 Å². The van der Waals surface area contributed by atoms with E-state index >= 15 is 0 Å². The van der Waals surface area contributed by atoms with Crippen molar-refractivity contribution in [2.45, 2.75) is 32.7 Å². The summed E-state index contributed by atoms with van der Waals surface area (Å²) < 4.78 is 0. The molecular weight excluding hydrogens is 274 g/mol. The minimum absolute atomic E-state index is 0.497. The van der Waals surface area contributed by atoms with Gasteiger partial charge in [0.05, 0.1) is 5.52 Å². The van der Waals surface area contributed by atoms with Crippen LogP contribution in [0.4, 0.5) is 5.82 Å². The van der Waals surface area contributed by atoms with E-state index in [0.29, 0.717) is 19.0 Å². The maximum absolute atomic E-state index is 5.65. The van der Waals surface area contributed by atoms with Crippen LogP contribution in [0.5, 0.6) is 0 Å². The number of fused-ring (bicyclic) bond motifs is 1. The smallest absolute Gasteiger partial charge is 0.137 e. The van der Waals surface area contributed by atoms with Gasteiger partial charge in [-0.25, -0.2) is 9.97 Å². The number of rotatable bonds is 8. The lowest BCUT2D eigenvalue weighted by atomic mass is 10.2. The maximum Gasteiger partial charge on any atom is 0.137 e. The average molecular weight is 301 g/mol. The third-order valence-corrected chi connectivity index (χ3v) is 4.12. The Bertz CT molecular complexity index is 599. The minimum Gasteiger partial charge on any atom is -0.368 e. The second-order valence-corrected chi connectivity index (χ2v) is 5.56. The molecule has 0 saturated carbocycles. The molecule has 1 aromatic heterocycles. The number of likely N-dealkylation sites (N-methyl/N-ethyl adjacent to an activating group) is 1. The molecule has 0 aliphatic heterocycles. The van der Waals surface area contributed by atoms with E-state index in [-0.39, 0.29) is 0 Å². The van der Waals surface area contributed by atoms with Crippen LogP contribution in [0.1, 0.15) is 26.1 Å². The molecule has 120 valence electrons. The van der Waals surface area contributed by atoms with E-state index in [9.17, 15) is 0 Å². The van der Waals surface area contributed by atoms with Gasteiger partial charge in [-0.15, -0.1) is 0 Å². The van der Waals surface area contributed by atoms with Gasteiger partial charge in [0, 0.05) is 24.4 Å². The topological polar surface area (TPSA) is 67.1 Å². The van der Waals surface area contributed by atoms with Crippen molar-refractivity contribution in [2.24, 2.45) is 5.73 Å². The molecule has 0 unspecified atom stereocenters. The fraction of sp³-hybridized carbons (Fsp3) is 0.529. The molecule has 0 spiro atoms. The van der Waals surface area contributed by atoms with Crippen LogP contribution in [-0.2, 0) is 6.42 Å². The molecule has 2 aromatic rings. The molecule has 0 bridgehead atoms. The van der Waals surface area contributed by atoms with Crippen molar-refractivity contribution in [2.75, 3.05) is 32.0 Å². The number of para-hydroxylation sites is 1. The van der Waals surface area contributed by atoms with Gasteiger partial charge in [-0.1, -0.05) is 26.0 Å². The fourth-order valence-electron chi connectivity index (χ4n) is 2.58. The normalized spacial score (nSPS) is 12.8. The van der Waals surface area contributed by atoms with E-state index in [4.69, 9.17) is 5.73 Å². The molecule has 1 heterocycles. The van der Waals surface area contributed by atoms with Crippen molar-refractivity contribution >= 4 is 16.7 Å². The number of benzene rings is 1. The number of nitrogens with zero attached hydrogens (tertiary/aromatic N) is 3. The summed E-state index contributed by atoms with van der Waals surface area (Å²) in [6.07, 6.45) is 1.81. The van der Waals surface area contributed by atoms with Crippen molar-refractivity contribution in [3.05, 3.63) is 30.1 Å². The zero-order valence-electron chi connectivity index (χ0n) is 13.8. The lowest BCUT2D eigenvalue weighted by Crippen LogP contribution is -2.36. The maximum atomic E-state index is 5.65. The third kappa shape index (κ3) is 3.93. The summed E-state index contributed by atoms with van der Waals surface area (Å²) in [5.74, 6) is 1.72. The molecule has 0 fully saturated rings. The molecular formula is C17H27N5. The van der Waals surface area contributed by atoms with Crippen LogP contribution in [-0.4, -0.2) is 47.6 Å². The van der Waals surface area contributed by atoms with Gasteiger partial charge in [0.25, 0.3) is 0 Å². The number of nitrogens with two attached hydrogens (primary N) is 1. The van der Waals surface area contributed by atoms with Crippen LogP contribution in [0.2, 0.25) is 0 Å². The molecule has 5 heteroatoms. The summed E-state index contributed by atoms with van der Waals surface area (Å²) in [5, 5.41) is 4.59. The van der Waals surface area contributed by atoms with Gasteiger partial charge < -0.3 is 16.0 Å². The summed E-state index contributed by atoms with van der Waals surface area (Å²) in [6, 6.07) is 8.61. The Morgan fingerprint density at radius 1 is 1.23 bits per heavy atom. The van der Waals surface area contributed by atoms with Crippen molar-refractivity contribution in [3.8, 4) is 0 Å². The van der Waals surface area contributed by atoms with E-state index in [0.717, 1.165) is 42.1 Å². The molecule has 22 heavy (non-hydrogen) atoms. The number of anilines is 1.